The first-order chi connectivity index (χ1) is 11.9. The van der Waals surface area contributed by atoms with Gasteiger partial charge in [0.1, 0.15) is 11.6 Å². The fourth-order valence-corrected chi connectivity index (χ4v) is 2.72. The number of amides is 1. The van der Waals surface area contributed by atoms with Crippen LogP contribution in [0, 0.1) is 5.82 Å². The Morgan fingerprint density at radius 3 is 2.64 bits per heavy atom. The summed E-state index contributed by atoms with van der Waals surface area (Å²) < 4.78 is 29.3. The van der Waals surface area contributed by atoms with Crippen LogP contribution in [0.1, 0.15) is 17.3 Å². The maximum absolute atomic E-state index is 13.0. The summed E-state index contributed by atoms with van der Waals surface area (Å²) in [4.78, 5) is 23.9. The summed E-state index contributed by atoms with van der Waals surface area (Å²) in [6.45, 7) is 1.14. The van der Waals surface area contributed by atoms with Crippen LogP contribution in [0.2, 0.25) is 0 Å². The average molecular weight is 410 g/mol. The standard InChI is InChI=1S/C17H13BrFNO5/c1-9(21)11-5-15-16(25-8-24-15)6-13(11)20-17(22)7-23-14-3-2-10(19)4-12(14)18/h2-6H,7-8H2,1H3,(H,20,22). The number of ketones is 1. The third kappa shape index (κ3) is 3.90. The van der Waals surface area contributed by atoms with Gasteiger partial charge in [-0.2, -0.15) is 0 Å². The van der Waals surface area contributed by atoms with Gasteiger partial charge in [-0.15, -0.1) is 0 Å². The maximum atomic E-state index is 13.0. The van der Waals surface area contributed by atoms with Crippen LogP contribution in [0.15, 0.2) is 34.8 Å². The molecule has 0 atom stereocenters. The van der Waals surface area contributed by atoms with Gasteiger partial charge in [0.25, 0.3) is 5.91 Å². The molecule has 8 heteroatoms. The summed E-state index contributed by atoms with van der Waals surface area (Å²) in [5.41, 5.74) is 0.615. The van der Waals surface area contributed by atoms with Gasteiger partial charge in [0.15, 0.2) is 23.9 Å². The van der Waals surface area contributed by atoms with E-state index in [1.807, 2.05) is 0 Å². The molecule has 0 aromatic heterocycles. The van der Waals surface area contributed by atoms with Crippen molar-refractivity contribution in [2.75, 3.05) is 18.7 Å². The van der Waals surface area contributed by atoms with Crippen LogP contribution in [-0.2, 0) is 4.79 Å². The fourth-order valence-electron chi connectivity index (χ4n) is 2.26. The molecular weight excluding hydrogens is 397 g/mol. The van der Waals surface area contributed by atoms with E-state index in [0.29, 0.717) is 33.0 Å². The summed E-state index contributed by atoms with van der Waals surface area (Å²) in [5.74, 6) is 0.106. The Labute approximate surface area is 151 Å². The minimum atomic E-state index is -0.474. The van der Waals surface area contributed by atoms with E-state index in [4.69, 9.17) is 14.2 Å². The van der Waals surface area contributed by atoms with Crippen molar-refractivity contribution in [3.8, 4) is 17.2 Å². The Bertz CT molecular complexity index is 855. The van der Waals surface area contributed by atoms with Crippen LogP contribution in [0.5, 0.6) is 17.2 Å². The zero-order chi connectivity index (χ0) is 18.0. The molecule has 130 valence electrons. The quantitative estimate of drug-likeness (QED) is 0.764. The van der Waals surface area contributed by atoms with E-state index in [2.05, 4.69) is 21.2 Å². The molecule has 0 spiro atoms. The number of carbonyl (C=O) groups excluding carboxylic acids is 2. The predicted octanol–water partition coefficient (Wildman–Crippen LogP) is 3.54. The van der Waals surface area contributed by atoms with Crippen LogP contribution >= 0.6 is 15.9 Å². The molecule has 1 heterocycles. The predicted molar refractivity (Wildman–Crippen MR) is 90.8 cm³/mol. The summed E-state index contributed by atoms with van der Waals surface area (Å²) >= 11 is 3.16. The molecule has 0 saturated heterocycles. The number of carbonyl (C=O) groups is 2. The number of anilines is 1. The van der Waals surface area contributed by atoms with Gasteiger partial charge in [-0.3, -0.25) is 9.59 Å². The van der Waals surface area contributed by atoms with Crippen molar-refractivity contribution in [3.63, 3.8) is 0 Å². The normalized spacial score (nSPS) is 12.0. The van der Waals surface area contributed by atoms with Crippen molar-refractivity contribution in [2.24, 2.45) is 0 Å². The fraction of sp³-hybridized carbons (Fsp3) is 0.176. The third-order valence-corrected chi connectivity index (χ3v) is 4.04. The largest absolute Gasteiger partial charge is 0.483 e. The van der Waals surface area contributed by atoms with Gasteiger partial charge in [0.2, 0.25) is 6.79 Å². The Morgan fingerprint density at radius 1 is 1.24 bits per heavy atom. The second kappa shape index (κ2) is 7.10. The second-order valence-electron chi connectivity index (χ2n) is 5.22. The molecule has 1 aliphatic heterocycles. The molecule has 6 nitrogen and oxygen atoms in total. The van der Waals surface area contributed by atoms with E-state index >= 15 is 0 Å². The molecule has 1 aliphatic rings. The van der Waals surface area contributed by atoms with Gasteiger partial charge < -0.3 is 19.5 Å². The first-order valence-electron chi connectivity index (χ1n) is 7.26. The molecule has 25 heavy (non-hydrogen) atoms. The summed E-state index contributed by atoms with van der Waals surface area (Å²) in [6, 6.07) is 6.93. The number of nitrogens with one attached hydrogen (secondary N) is 1. The smallest absolute Gasteiger partial charge is 0.262 e. The van der Waals surface area contributed by atoms with Gasteiger partial charge in [0, 0.05) is 11.6 Å². The lowest BCUT2D eigenvalue weighted by atomic mass is 10.1. The summed E-state index contributed by atoms with van der Waals surface area (Å²) in [7, 11) is 0. The van der Waals surface area contributed by atoms with Gasteiger partial charge >= 0.3 is 0 Å². The van der Waals surface area contributed by atoms with Crippen LogP contribution < -0.4 is 19.5 Å². The zero-order valence-corrected chi connectivity index (χ0v) is 14.7. The van der Waals surface area contributed by atoms with Gasteiger partial charge in [-0.1, -0.05) is 0 Å². The van der Waals surface area contributed by atoms with Crippen LogP contribution in [0.25, 0.3) is 0 Å². The lowest BCUT2D eigenvalue weighted by molar-refractivity contribution is -0.118. The number of Topliss-reactive ketones (excluding diaryl/α,β-unsaturated/α-hetero) is 1. The van der Waals surface area contributed by atoms with E-state index in [1.165, 1.54) is 37.3 Å². The Morgan fingerprint density at radius 2 is 1.96 bits per heavy atom. The number of hydrogen-bond donors (Lipinski definition) is 1. The molecule has 1 N–H and O–H groups in total. The second-order valence-corrected chi connectivity index (χ2v) is 6.07. The Kier molecular flexibility index (Phi) is 4.89. The highest BCUT2D eigenvalue weighted by Crippen LogP contribution is 2.37. The minimum Gasteiger partial charge on any atom is -0.483 e. The topological polar surface area (TPSA) is 73.9 Å². The molecule has 0 bridgehead atoms. The highest BCUT2D eigenvalue weighted by atomic mass is 79.9. The first kappa shape index (κ1) is 17.2. The van der Waals surface area contributed by atoms with Gasteiger partial charge in [-0.05, 0) is 47.1 Å². The maximum Gasteiger partial charge on any atom is 0.262 e. The van der Waals surface area contributed by atoms with Crippen molar-refractivity contribution < 1.29 is 28.2 Å². The number of rotatable bonds is 5. The molecule has 3 rings (SSSR count). The van der Waals surface area contributed by atoms with Crippen molar-refractivity contribution in [2.45, 2.75) is 6.92 Å². The molecule has 0 fully saturated rings. The SMILES string of the molecule is CC(=O)c1cc2c(cc1NC(=O)COc1ccc(F)cc1Br)OCO2. The number of hydrogen-bond acceptors (Lipinski definition) is 5. The Hall–Kier alpha value is -2.61. The summed E-state index contributed by atoms with van der Waals surface area (Å²) in [5, 5.41) is 2.61. The number of halogens is 2. The Balaban J connectivity index is 1.71. The molecule has 2 aromatic carbocycles. The average Bonchev–Trinajstić information content (AvgIpc) is 3.00. The molecule has 0 radical (unpaired) electrons. The molecular formula is C17H13BrFNO5. The van der Waals surface area contributed by atoms with E-state index < -0.39 is 11.7 Å². The lowest BCUT2D eigenvalue weighted by Crippen LogP contribution is -2.21. The highest BCUT2D eigenvalue weighted by molar-refractivity contribution is 9.10. The van der Waals surface area contributed by atoms with Gasteiger partial charge in [0.05, 0.1) is 10.2 Å². The molecule has 0 aliphatic carbocycles. The van der Waals surface area contributed by atoms with Crippen LogP contribution in [-0.4, -0.2) is 25.1 Å². The van der Waals surface area contributed by atoms with E-state index in [9.17, 15) is 14.0 Å². The van der Waals surface area contributed by atoms with Crippen molar-refractivity contribution >= 4 is 33.3 Å². The van der Waals surface area contributed by atoms with Crippen LogP contribution in [0.3, 0.4) is 0 Å². The van der Waals surface area contributed by atoms with Crippen molar-refractivity contribution in [1.82, 2.24) is 0 Å². The lowest BCUT2D eigenvalue weighted by Gasteiger charge is -2.12. The number of benzene rings is 2. The molecule has 1 amide bonds. The monoisotopic (exact) mass is 409 g/mol. The highest BCUT2D eigenvalue weighted by Gasteiger charge is 2.20. The van der Waals surface area contributed by atoms with E-state index in [-0.39, 0.29) is 19.2 Å². The number of fused-ring (bicyclic) bond motifs is 1. The summed E-state index contributed by atoms with van der Waals surface area (Å²) in [6.07, 6.45) is 0. The molecule has 0 unspecified atom stereocenters. The van der Waals surface area contributed by atoms with Crippen molar-refractivity contribution in [1.29, 1.82) is 0 Å². The van der Waals surface area contributed by atoms with Crippen molar-refractivity contribution in [3.05, 3.63) is 46.2 Å². The van der Waals surface area contributed by atoms with Crippen LogP contribution in [0.4, 0.5) is 10.1 Å². The molecule has 2 aromatic rings. The molecule has 0 saturated carbocycles. The van der Waals surface area contributed by atoms with E-state index in [0.717, 1.165) is 0 Å². The first-order valence-corrected chi connectivity index (χ1v) is 8.05. The zero-order valence-electron chi connectivity index (χ0n) is 13.1. The van der Waals surface area contributed by atoms with Gasteiger partial charge in [-0.25, -0.2) is 4.39 Å². The van der Waals surface area contributed by atoms with E-state index in [1.54, 1.807) is 0 Å². The third-order valence-electron chi connectivity index (χ3n) is 3.42. The number of ether oxygens (including phenoxy) is 3. The minimum absolute atomic E-state index is 0.0613.